The van der Waals surface area contributed by atoms with E-state index >= 15 is 0 Å². The van der Waals surface area contributed by atoms with Gasteiger partial charge in [0.1, 0.15) is 23.1 Å². The maximum absolute atomic E-state index is 14.4. The Hall–Kier alpha value is -3.53. The summed E-state index contributed by atoms with van der Waals surface area (Å²) in [7, 11) is 1.78. The van der Waals surface area contributed by atoms with Crippen LogP contribution < -0.4 is 21.3 Å². The number of benzene rings is 1. The van der Waals surface area contributed by atoms with E-state index in [1.54, 1.807) is 25.5 Å². The summed E-state index contributed by atoms with van der Waals surface area (Å²) in [6, 6.07) is 3.57. The SMILES string of the molecule is CNc1cc(F)cc2c1[nH]c1nc(Nc3cnc(C)nc3)nc(N3CC4CC3CC4N)c12. The van der Waals surface area contributed by atoms with Crippen LogP contribution in [0.15, 0.2) is 24.5 Å². The summed E-state index contributed by atoms with van der Waals surface area (Å²) >= 11 is 0. The van der Waals surface area contributed by atoms with Gasteiger partial charge >= 0.3 is 0 Å². The van der Waals surface area contributed by atoms with Gasteiger partial charge < -0.3 is 26.3 Å². The molecule has 9 nitrogen and oxygen atoms in total. The Morgan fingerprint density at radius 3 is 2.69 bits per heavy atom. The lowest BCUT2D eigenvalue weighted by atomic mass is 10.0. The van der Waals surface area contributed by atoms with Crippen LogP contribution in [0.25, 0.3) is 21.9 Å². The summed E-state index contributed by atoms with van der Waals surface area (Å²) in [6.07, 6.45) is 5.39. The Kier molecular flexibility index (Phi) is 4.19. The van der Waals surface area contributed by atoms with Crippen molar-refractivity contribution in [3.05, 3.63) is 36.2 Å². The largest absolute Gasteiger partial charge is 0.386 e. The third kappa shape index (κ3) is 2.94. The molecule has 4 aromatic rings. The average Bonchev–Trinajstić information content (AvgIpc) is 3.46. The van der Waals surface area contributed by atoms with Crippen LogP contribution in [-0.4, -0.2) is 50.6 Å². The van der Waals surface area contributed by atoms with Crippen molar-refractivity contribution < 1.29 is 4.39 Å². The number of anilines is 4. The van der Waals surface area contributed by atoms with Crippen molar-refractivity contribution in [2.45, 2.75) is 31.8 Å². The molecule has 3 atom stereocenters. The highest BCUT2D eigenvalue weighted by molar-refractivity contribution is 6.15. The lowest BCUT2D eigenvalue weighted by Gasteiger charge is -2.31. The van der Waals surface area contributed by atoms with Crippen molar-refractivity contribution in [2.24, 2.45) is 11.7 Å². The standard InChI is InChI=1S/C22H24FN9/c1-10-26-7-13(8-27-10)28-22-30-20-18(15-4-12(23)5-17(25-2)19(15)29-20)21(31-22)32-9-11-3-14(32)6-16(11)24/h4-5,7-8,11,14,16,25H,3,6,9,24H2,1-2H3,(H2,28,29,30,31). The van der Waals surface area contributed by atoms with Crippen LogP contribution in [0, 0.1) is 18.7 Å². The van der Waals surface area contributed by atoms with E-state index in [0.717, 1.165) is 41.5 Å². The Bertz CT molecular complexity index is 1330. The predicted octanol–water partition coefficient (Wildman–Crippen LogP) is 3.06. The zero-order chi connectivity index (χ0) is 22.0. The molecule has 1 aromatic carbocycles. The van der Waals surface area contributed by atoms with Crippen molar-refractivity contribution in [1.29, 1.82) is 0 Å². The van der Waals surface area contributed by atoms with E-state index in [-0.39, 0.29) is 11.9 Å². The fourth-order valence-corrected chi connectivity index (χ4v) is 5.14. The predicted molar refractivity (Wildman–Crippen MR) is 123 cm³/mol. The van der Waals surface area contributed by atoms with E-state index in [2.05, 4.69) is 30.5 Å². The number of aromatic nitrogens is 5. The number of aryl methyl sites for hydroxylation is 1. The minimum absolute atomic E-state index is 0.229. The summed E-state index contributed by atoms with van der Waals surface area (Å²) in [5.41, 5.74) is 9.12. The van der Waals surface area contributed by atoms with Gasteiger partial charge in [-0.3, -0.25) is 0 Å². The highest BCUT2D eigenvalue weighted by Gasteiger charge is 2.44. The number of rotatable bonds is 4. The molecule has 2 fully saturated rings. The summed E-state index contributed by atoms with van der Waals surface area (Å²) in [4.78, 5) is 23.8. The number of aromatic amines is 1. The van der Waals surface area contributed by atoms with Crippen molar-refractivity contribution in [2.75, 3.05) is 29.1 Å². The van der Waals surface area contributed by atoms with Gasteiger partial charge in [-0.2, -0.15) is 9.97 Å². The number of hydrogen-bond acceptors (Lipinski definition) is 8. The maximum atomic E-state index is 14.4. The number of nitrogens with one attached hydrogen (secondary N) is 3. The van der Waals surface area contributed by atoms with E-state index in [0.29, 0.717) is 40.8 Å². The van der Waals surface area contributed by atoms with Crippen LogP contribution in [0.4, 0.5) is 27.5 Å². The molecule has 5 N–H and O–H groups in total. The highest BCUT2D eigenvalue weighted by atomic mass is 19.1. The Balaban J connectivity index is 1.55. The molecule has 4 heterocycles. The molecule has 0 radical (unpaired) electrons. The van der Waals surface area contributed by atoms with Gasteiger partial charge in [0, 0.05) is 31.1 Å². The monoisotopic (exact) mass is 433 g/mol. The number of H-pyrrole nitrogens is 1. The molecule has 1 aliphatic heterocycles. The van der Waals surface area contributed by atoms with Crippen LogP contribution in [0.5, 0.6) is 0 Å². The summed E-state index contributed by atoms with van der Waals surface area (Å²) in [5.74, 6) is 2.06. The minimum atomic E-state index is -0.308. The first kappa shape index (κ1) is 19.2. The Morgan fingerprint density at radius 1 is 1.19 bits per heavy atom. The van der Waals surface area contributed by atoms with Crippen LogP contribution >= 0.6 is 0 Å². The minimum Gasteiger partial charge on any atom is -0.386 e. The molecule has 3 aromatic heterocycles. The maximum Gasteiger partial charge on any atom is 0.231 e. The molecule has 6 rings (SSSR count). The van der Waals surface area contributed by atoms with E-state index < -0.39 is 0 Å². The zero-order valence-corrected chi connectivity index (χ0v) is 17.9. The molecular weight excluding hydrogens is 409 g/mol. The second-order valence-corrected chi connectivity index (χ2v) is 8.69. The van der Waals surface area contributed by atoms with Crippen molar-refractivity contribution in [3.63, 3.8) is 0 Å². The topological polar surface area (TPSA) is 121 Å². The van der Waals surface area contributed by atoms with Gasteiger partial charge in [-0.05, 0) is 37.8 Å². The molecular formula is C22H24FN9. The highest BCUT2D eigenvalue weighted by Crippen LogP contribution is 2.43. The van der Waals surface area contributed by atoms with Gasteiger partial charge in [0.15, 0.2) is 0 Å². The number of hydrogen-bond donors (Lipinski definition) is 4. The van der Waals surface area contributed by atoms with Crippen LogP contribution in [-0.2, 0) is 0 Å². The Morgan fingerprint density at radius 2 is 2.00 bits per heavy atom. The molecule has 1 saturated carbocycles. The fourth-order valence-electron chi connectivity index (χ4n) is 5.14. The fraction of sp³-hybridized carbons (Fsp3) is 0.364. The second kappa shape index (κ2) is 6.99. The van der Waals surface area contributed by atoms with Gasteiger partial charge in [-0.15, -0.1) is 0 Å². The van der Waals surface area contributed by atoms with Crippen molar-refractivity contribution in [1.82, 2.24) is 24.9 Å². The molecule has 0 amide bonds. The van der Waals surface area contributed by atoms with Crippen LogP contribution in [0.2, 0.25) is 0 Å². The molecule has 3 unspecified atom stereocenters. The number of piperidine rings is 1. The summed E-state index contributed by atoms with van der Waals surface area (Å²) in [6.45, 7) is 2.67. The number of fused-ring (bicyclic) bond motifs is 5. The first-order valence-corrected chi connectivity index (χ1v) is 10.8. The molecule has 10 heteroatoms. The van der Waals surface area contributed by atoms with E-state index in [9.17, 15) is 4.39 Å². The van der Waals surface area contributed by atoms with E-state index in [1.807, 2.05) is 6.92 Å². The van der Waals surface area contributed by atoms with Gasteiger partial charge in [0.2, 0.25) is 5.95 Å². The third-order valence-corrected chi connectivity index (χ3v) is 6.68. The smallest absolute Gasteiger partial charge is 0.231 e. The first-order chi connectivity index (χ1) is 15.5. The van der Waals surface area contributed by atoms with Gasteiger partial charge in [0.05, 0.1) is 34.7 Å². The van der Waals surface area contributed by atoms with Gasteiger partial charge in [-0.1, -0.05) is 0 Å². The number of nitrogens with two attached hydrogens (primary N) is 1. The van der Waals surface area contributed by atoms with Gasteiger partial charge in [0.25, 0.3) is 0 Å². The van der Waals surface area contributed by atoms with E-state index in [1.165, 1.54) is 6.07 Å². The van der Waals surface area contributed by atoms with Gasteiger partial charge in [-0.25, -0.2) is 14.4 Å². The molecule has 2 bridgehead atoms. The summed E-state index contributed by atoms with van der Waals surface area (Å²) in [5, 5.41) is 7.87. The lowest BCUT2D eigenvalue weighted by molar-refractivity contribution is 0.471. The lowest BCUT2D eigenvalue weighted by Crippen LogP contribution is -2.41. The first-order valence-electron chi connectivity index (χ1n) is 10.8. The van der Waals surface area contributed by atoms with E-state index in [4.69, 9.17) is 15.7 Å². The Labute approximate surface area is 183 Å². The average molecular weight is 433 g/mol. The molecule has 2 aliphatic rings. The van der Waals surface area contributed by atoms with Crippen LogP contribution in [0.3, 0.4) is 0 Å². The molecule has 1 saturated heterocycles. The molecule has 32 heavy (non-hydrogen) atoms. The zero-order valence-electron chi connectivity index (χ0n) is 17.9. The normalized spacial score (nSPS) is 22.2. The quantitative estimate of drug-likeness (QED) is 0.388. The second-order valence-electron chi connectivity index (χ2n) is 8.69. The third-order valence-electron chi connectivity index (χ3n) is 6.68. The molecule has 1 aliphatic carbocycles. The van der Waals surface area contributed by atoms with Crippen molar-refractivity contribution >= 4 is 45.1 Å². The number of nitrogens with zero attached hydrogens (tertiary/aromatic N) is 5. The number of halogens is 1. The van der Waals surface area contributed by atoms with Crippen LogP contribution in [0.1, 0.15) is 18.7 Å². The summed E-state index contributed by atoms with van der Waals surface area (Å²) < 4.78 is 14.4. The molecule has 0 spiro atoms. The molecule has 164 valence electrons. The van der Waals surface area contributed by atoms with Crippen molar-refractivity contribution in [3.8, 4) is 0 Å².